The Hall–Kier alpha value is -3.52. The molecule has 0 unspecified atom stereocenters. The molecule has 0 amide bonds. The smallest absolute Gasteiger partial charge is 0.331 e. The van der Waals surface area contributed by atoms with Gasteiger partial charge in [0, 0.05) is 38.2 Å². The zero-order valence-electron chi connectivity index (χ0n) is 32.5. The van der Waals surface area contributed by atoms with Gasteiger partial charge in [0.1, 0.15) is 24.4 Å². The van der Waals surface area contributed by atoms with Crippen molar-refractivity contribution in [1.82, 2.24) is 0 Å². The average Bonchev–Trinajstić information content (AvgIpc) is 3.94. The molecule has 6 fully saturated rings. The van der Waals surface area contributed by atoms with Crippen LogP contribution in [-0.2, 0) is 66.5 Å². The van der Waals surface area contributed by atoms with E-state index in [-0.39, 0.29) is 31.3 Å². The first-order chi connectivity index (χ1) is 27.1. The van der Waals surface area contributed by atoms with Crippen LogP contribution in [0.2, 0.25) is 0 Å². The summed E-state index contributed by atoms with van der Waals surface area (Å²) in [5.41, 5.74) is 0.102. The summed E-state index contributed by atoms with van der Waals surface area (Å²) in [7, 11) is 0. The molecule has 0 radical (unpaired) electrons. The fourth-order valence-corrected chi connectivity index (χ4v) is 8.85. The molecule has 17 atom stereocenters. The summed E-state index contributed by atoms with van der Waals surface area (Å²) in [4.78, 5) is 50.9. The molecular weight excluding hydrogens is 752 g/mol. The monoisotopic (exact) mass is 804 g/mol. The maximum absolute atomic E-state index is 14.0. The quantitative estimate of drug-likeness (QED) is 0.139. The van der Waals surface area contributed by atoms with E-state index in [0.29, 0.717) is 19.4 Å². The van der Waals surface area contributed by atoms with Gasteiger partial charge in [0.15, 0.2) is 30.2 Å². The Morgan fingerprint density at radius 3 is 2.11 bits per heavy atom. The Bertz CT molecular complexity index is 1670. The van der Waals surface area contributed by atoms with Gasteiger partial charge in [-0.05, 0) is 44.7 Å². The third kappa shape index (κ3) is 8.36. The molecule has 17 heteroatoms. The number of aliphatic hydroxyl groups is 3. The number of carbonyl (C=O) groups excluding carboxylic acids is 4. The predicted molar refractivity (Wildman–Crippen MR) is 191 cm³/mol. The van der Waals surface area contributed by atoms with Gasteiger partial charge in [0.05, 0.1) is 37.4 Å². The summed E-state index contributed by atoms with van der Waals surface area (Å²) in [6, 6.07) is 9.42. The summed E-state index contributed by atoms with van der Waals surface area (Å²) < 4.78 is 59.4. The fraction of sp³-hybridized carbons (Fsp3) is 0.700. The lowest BCUT2D eigenvalue weighted by Crippen LogP contribution is -2.64. The zero-order valence-corrected chi connectivity index (χ0v) is 32.5. The largest absolute Gasteiger partial charge is 0.459 e. The molecule has 5 saturated heterocycles. The molecule has 6 aliphatic rings. The molecule has 1 saturated carbocycles. The lowest BCUT2D eigenvalue weighted by molar-refractivity contribution is -0.358. The molecule has 1 aromatic carbocycles. The molecule has 1 aromatic rings. The number of esters is 4. The second-order valence-corrected chi connectivity index (χ2v) is 16.0. The summed E-state index contributed by atoms with van der Waals surface area (Å²) in [6.45, 7) is 7.81. The fourth-order valence-electron chi connectivity index (χ4n) is 8.85. The van der Waals surface area contributed by atoms with Gasteiger partial charge in [-0.2, -0.15) is 0 Å². The van der Waals surface area contributed by atoms with Gasteiger partial charge in [0.2, 0.25) is 12.1 Å². The normalized spacial score (nSPS) is 44.0. The van der Waals surface area contributed by atoms with Crippen molar-refractivity contribution in [3.05, 3.63) is 42.0 Å². The minimum Gasteiger partial charge on any atom is -0.459 e. The van der Waals surface area contributed by atoms with Crippen molar-refractivity contribution in [2.45, 2.75) is 145 Å². The van der Waals surface area contributed by atoms with Crippen LogP contribution in [0.4, 0.5) is 0 Å². The molecule has 57 heavy (non-hydrogen) atoms. The van der Waals surface area contributed by atoms with Crippen LogP contribution in [0.5, 0.6) is 0 Å². The summed E-state index contributed by atoms with van der Waals surface area (Å²) in [5.74, 6) is -4.80. The summed E-state index contributed by atoms with van der Waals surface area (Å²) >= 11 is 0. The van der Waals surface area contributed by atoms with E-state index >= 15 is 0 Å². The van der Waals surface area contributed by atoms with Crippen molar-refractivity contribution in [2.75, 3.05) is 13.2 Å². The third-order valence-corrected chi connectivity index (χ3v) is 12.0. The van der Waals surface area contributed by atoms with Gasteiger partial charge < -0.3 is 62.7 Å². The van der Waals surface area contributed by atoms with Crippen molar-refractivity contribution in [3.8, 4) is 0 Å². The first-order valence-corrected chi connectivity index (χ1v) is 19.6. The molecule has 17 nitrogen and oxygen atoms in total. The number of hydrogen-bond donors (Lipinski definition) is 3. The molecule has 1 aliphatic carbocycles. The molecule has 3 N–H and O–H groups in total. The van der Waals surface area contributed by atoms with Crippen LogP contribution in [0.25, 0.3) is 6.08 Å². The second kappa shape index (κ2) is 16.6. The number of hydrogen-bond acceptors (Lipinski definition) is 17. The Morgan fingerprint density at radius 2 is 1.44 bits per heavy atom. The van der Waals surface area contributed by atoms with Gasteiger partial charge >= 0.3 is 23.9 Å². The van der Waals surface area contributed by atoms with Crippen LogP contribution >= 0.6 is 0 Å². The Labute approximate surface area is 329 Å². The number of carbonyl (C=O) groups is 4. The molecule has 2 spiro atoms. The second-order valence-electron chi connectivity index (χ2n) is 16.0. The van der Waals surface area contributed by atoms with Crippen molar-refractivity contribution in [1.29, 1.82) is 0 Å². The molecule has 0 aromatic heterocycles. The highest BCUT2D eigenvalue weighted by atomic mass is 16.8. The van der Waals surface area contributed by atoms with Crippen LogP contribution in [0.3, 0.4) is 0 Å². The molecule has 5 aliphatic heterocycles. The highest BCUT2D eigenvalue weighted by Gasteiger charge is 2.76. The number of fused-ring (bicyclic) bond motifs is 3. The van der Waals surface area contributed by atoms with E-state index in [1.54, 1.807) is 6.08 Å². The van der Waals surface area contributed by atoms with Gasteiger partial charge in [-0.1, -0.05) is 37.3 Å². The standard InChI is InChI=1S/C40H52O17/c1-19-17-48-40(16-28(19)54-29(43)14-11-24-9-7-6-8-10-24)39(18-49-39)26-13-12-25(15-27(26)57-40)36(47)56-38-35(34(53-23(5)42)31(45)21(3)51-38)55-37-32(46)33(52-22(4)41)30(44)20(2)50-37/h6-11,14,19-21,25-28,30-35,37-38,44-46H,12-13,15-18H2,1-5H3/b14-11+/t19-,20-,21+,25+,26+,27-,28+,30-,31-,32-,33+,34-,35+,37+,38-,39+,40+/m1/s1. The Balaban J connectivity index is 1.04. The lowest BCUT2D eigenvalue weighted by atomic mass is 9.72. The van der Waals surface area contributed by atoms with Crippen LogP contribution in [0.15, 0.2) is 36.4 Å². The number of rotatable bonds is 9. The van der Waals surface area contributed by atoms with E-state index < -0.39 is 115 Å². The van der Waals surface area contributed by atoms with Gasteiger partial charge in [-0.25, -0.2) is 4.79 Å². The number of ether oxygens (including phenoxy) is 10. The van der Waals surface area contributed by atoms with Crippen molar-refractivity contribution < 1.29 is 81.9 Å². The molecule has 5 heterocycles. The van der Waals surface area contributed by atoms with E-state index in [0.717, 1.165) is 19.4 Å². The number of aliphatic hydroxyl groups excluding tert-OH is 3. The van der Waals surface area contributed by atoms with Crippen molar-refractivity contribution in [3.63, 3.8) is 0 Å². The molecular formula is C40H52O17. The van der Waals surface area contributed by atoms with E-state index in [2.05, 4.69) is 0 Å². The summed E-state index contributed by atoms with van der Waals surface area (Å²) in [6.07, 6.45) is -10.6. The molecule has 7 rings (SSSR count). The van der Waals surface area contributed by atoms with Gasteiger partial charge in [-0.15, -0.1) is 0 Å². The predicted octanol–water partition coefficient (Wildman–Crippen LogP) is 1.31. The molecule has 314 valence electrons. The van der Waals surface area contributed by atoms with Crippen molar-refractivity contribution in [2.24, 2.45) is 17.8 Å². The van der Waals surface area contributed by atoms with Gasteiger partial charge in [0.25, 0.3) is 0 Å². The van der Waals surface area contributed by atoms with E-state index in [1.807, 2.05) is 37.3 Å². The van der Waals surface area contributed by atoms with Crippen LogP contribution in [-0.4, -0.2) is 137 Å². The average molecular weight is 805 g/mol. The van der Waals surface area contributed by atoms with E-state index in [9.17, 15) is 34.5 Å². The van der Waals surface area contributed by atoms with Crippen LogP contribution in [0, 0.1) is 17.8 Å². The zero-order chi connectivity index (χ0) is 40.8. The minimum absolute atomic E-state index is 0.109. The Morgan fingerprint density at radius 1 is 0.789 bits per heavy atom. The number of epoxide rings is 1. The lowest BCUT2D eigenvalue weighted by Gasteiger charge is -2.46. The molecule has 0 bridgehead atoms. The Kier molecular flexibility index (Phi) is 12.1. The number of benzene rings is 1. The van der Waals surface area contributed by atoms with Crippen molar-refractivity contribution >= 4 is 30.0 Å². The third-order valence-electron chi connectivity index (χ3n) is 12.0. The highest BCUT2D eigenvalue weighted by Crippen LogP contribution is 2.62. The first-order valence-electron chi connectivity index (χ1n) is 19.6. The maximum atomic E-state index is 14.0. The van der Waals surface area contributed by atoms with Gasteiger partial charge in [-0.3, -0.25) is 14.4 Å². The van der Waals surface area contributed by atoms with E-state index in [1.165, 1.54) is 19.9 Å². The topological polar surface area (TPSA) is 225 Å². The van der Waals surface area contributed by atoms with Crippen LogP contribution in [0.1, 0.15) is 65.9 Å². The van der Waals surface area contributed by atoms with E-state index in [4.69, 9.17) is 47.4 Å². The first kappa shape index (κ1) is 41.6. The minimum atomic E-state index is -1.73. The van der Waals surface area contributed by atoms with Crippen LogP contribution < -0.4 is 0 Å². The maximum Gasteiger partial charge on any atom is 0.331 e. The summed E-state index contributed by atoms with van der Waals surface area (Å²) in [5, 5.41) is 32.7. The SMILES string of the molecule is CC(=O)O[C@@H]1[C@@H](O)[C@H](O[C@@H]2[C@@H](OC(=O)[C@H]3CC[C@H]4[C@@H](C3)O[C@@]3(C[C@H](OC(=O)/C=C/c5ccccc5)[C@H](C)CO3)[C@]43CO3)O[C@@H](C)[C@@H](O)[C@H]2OC(C)=O)O[C@H](C)[C@H]1O. The highest BCUT2D eigenvalue weighted by molar-refractivity contribution is 5.87.